The molecule has 22 heavy (non-hydrogen) atoms. The van der Waals surface area contributed by atoms with Crippen molar-refractivity contribution in [1.82, 2.24) is 9.88 Å². The summed E-state index contributed by atoms with van der Waals surface area (Å²) in [5.74, 6) is 1.27. The maximum absolute atomic E-state index is 12.4. The Kier molecular flexibility index (Phi) is 6.40. The molecule has 1 aromatic heterocycles. The highest BCUT2D eigenvalue weighted by Gasteiger charge is 2.18. The molecular formula is C17H22N2O2S. The number of carbonyl (C=O) groups is 1. The zero-order valence-corrected chi connectivity index (χ0v) is 13.6. The van der Waals surface area contributed by atoms with Gasteiger partial charge in [0.25, 0.3) is 0 Å². The standard InChI is InChI=1S/C17H22N2O2S/c1-22-13-9-16(19-11-2-3-12-19)17(21)18-10-8-14-4-6-15(20)7-5-14/h2-7,11-12,16,20H,8-10,13H2,1H3,(H,18,21). The van der Waals surface area contributed by atoms with Gasteiger partial charge < -0.3 is 15.0 Å². The molecule has 4 nitrogen and oxygen atoms in total. The molecule has 0 fully saturated rings. The van der Waals surface area contributed by atoms with E-state index >= 15 is 0 Å². The number of nitrogens with one attached hydrogen (secondary N) is 1. The van der Waals surface area contributed by atoms with Crippen molar-refractivity contribution in [2.24, 2.45) is 0 Å². The maximum Gasteiger partial charge on any atom is 0.243 e. The Labute approximate surface area is 135 Å². The van der Waals surface area contributed by atoms with Gasteiger partial charge in [-0.15, -0.1) is 0 Å². The molecule has 118 valence electrons. The molecule has 0 saturated carbocycles. The summed E-state index contributed by atoms with van der Waals surface area (Å²) in [7, 11) is 0. The molecule has 1 unspecified atom stereocenters. The van der Waals surface area contributed by atoms with Gasteiger partial charge in [0, 0.05) is 18.9 Å². The Bertz CT molecular complexity index is 567. The van der Waals surface area contributed by atoms with Gasteiger partial charge in [0.15, 0.2) is 0 Å². The highest BCUT2D eigenvalue weighted by molar-refractivity contribution is 7.98. The Morgan fingerprint density at radius 3 is 2.59 bits per heavy atom. The van der Waals surface area contributed by atoms with E-state index in [2.05, 4.69) is 11.6 Å². The molecule has 2 N–H and O–H groups in total. The van der Waals surface area contributed by atoms with E-state index in [1.807, 2.05) is 41.2 Å². The fourth-order valence-corrected chi connectivity index (χ4v) is 2.77. The second-order valence-corrected chi connectivity index (χ2v) is 6.12. The molecule has 0 saturated heterocycles. The smallest absolute Gasteiger partial charge is 0.243 e. The summed E-state index contributed by atoms with van der Waals surface area (Å²) < 4.78 is 1.96. The molecule has 1 heterocycles. The molecule has 2 aromatic rings. The van der Waals surface area contributed by atoms with Crippen LogP contribution in [0.4, 0.5) is 0 Å². The summed E-state index contributed by atoms with van der Waals surface area (Å²) in [4.78, 5) is 12.4. The number of phenols is 1. The predicted octanol–water partition coefficient (Wildman–Crippen LogP) is 2.85. The molecule has 0 spiro atoms. The number of amides is 1. The van der Waals surface area contributed by atoms with Crippen LogP contribution in [0.2, 0.25) is 0 Å². The van der Waals surface area contributed by atoms with Crippen LogP contribution in [0, 0.1) is 0 Å². The van der Waals surface area contributed by atoms with Crippen molar-refractivity contribution in [1.29, 1.82) is 0 Å². The number of hydrogen-bond acceptors (Lipinski definition) is 3. The molecule has 0 aliphatic heterocycles. The Morgan fingerprint density at radius 1 is 1.27 bits per heavy atom. The van der Waals surface area contributed by atoms with E-state index in [0.29, 0.717) is 6.54 Å². The van der Waals surface area contributed by atoms with Crippen molar-refractivity contribution in [3.05, 3.63) is 54.4 Å². The normalized spacial score (nSPS) is 12.0. The second-order valence-electron chi connectivity index (χ2n) is 5.14. The van der Waals surface area contributed by atoms with Crippen LogP contribution in [0.1, 0.15) is 18.0 Å². The molecule has 0 radical (unpaired) electrons. The third-order valence-electron chi connectivity index (χ3n) is 3.53. The lowest BCUT2D eigenvalue weighted by Crippen LogP contribution is -2.33. The van der Waals surface area contributed by atoms with Crippen molar-refractivity contribution < 1.29 is 9.90 Å². The van der Waals surface area contributed by atoms with Crippen LogP contribution in [0.5, 0.6) is 5.75 Å². The lowest BCUT2D eigenvalue weighted by molar-refractivity contribution is -0.124. The highest BCUT2D eigenvalue weighted by Crippen LogP contribution is 2.15. The van der Waals surface area contributed by atoms with Crippen LogP contribution in [0.3, 0.4) is 0 Å². The van der Waals surface area contributed by atoms with Gasteiger partial charge in [0.1, 0.15) is 11.8 Å². The minimum atomic E-state index is -0.151. The number of aromatic nitrogens is 1. The van der Waals surface area contributed by atoms with E-state index in [4.69, 9.17) is 0 Å². The maximum atomic E-state index is 12.4. The van der Waals surface area contributed by atoms with E-state index in [1.165, 1.54) is 0 Å². The number of thioether (sulfide) groups is 1. The average Bonchev–Trinajstić information content (AvgIpc) is 3.04. The van der Waals surface area contributed by atoms with Crippen LogP contribution in [0.15, 0.2) is 48.8 Å². The number of hydrogen-bond donors (Lipinski definition) is 2. The molecule has 0 aliphatic carbocycles. The summed E-state index contributed by atoms with van der Waals surface area (Å²) in [6, 6.07) is 10.8. The van der Waals surface area contributed by atoms with Gasteiger partial charge in [-0.1, -0.05) is 12.1 Å². The first-order valence-corrected chi connectivity index (χ1v) is 8.77. The number of phenolic OH excluding ortho intramolecular Hbond substituents is 1. The molecule has 1 aromatic carbocycles. The minimum absolute atomic E-state index is 0.0593. The molecule has 0 bridgehead atoms. The molecule has 1 atom stereocenters. The van der Waals surface area contributed by atoms with Crippen LogP contribution in [-0.2, 0) is 11.2 Å². The Hall–Kier alpha value is -1.88. The number of carbonyl (C=O) groups excluding carboxylic acids is 1. The van der Waals surface area contributed by atoms with Crippen molar-refractivity contribution >= 4 is 17.7 Å². The summed E-state index contributed by atoms with van der Waals surface area (Å²) in [5, 5.41) is 12.3. The van der Waals surface area contributed by atoms with E-state index in [9.17, 15) is 9.90 Å². The first kappa shape index (κ1) is 16.5. The monoisotopic (exact) mass is 318 g/mol. The number of rotatable bonds is 8. The zero-order valence-electron chi connectivity index (χ0n) is 12.7. The van der Waals surface area contributed by atoms with Crippen molar-refractivity contribution in [3.8, 4) is 5.75 Å². The highest BCUT2D eigenvalue weighted by atomic mass is 32.2. The molecule has 5 heteroatoms. The van der Waals surface area contributed by atoms with Crippen molar-refractivity contribution in [2.75, 3.05) is 18.6 Å². The third kappa shape index (κ3) is 4.84. The van der Waals surface area contributed by atoms with Crippen LogP contribution >= 0.6 is 11.8 Å². The Morgan fingerprint density at radius 2 is 1.95 bits per heavy atom. The van der Waals surface area contributed by atoms with Crippen LogP contribution < -0.4 is 5.32 Å². The van der Waals surface area contributed by atoms with Crippen LogP contribution in [-0.4, -0.2) is 34.1 Å². The van der Waals surface area contributed by atoms with Crippen molar-refractivity contribution in [3.63, 3.8) is 0 Å². The average molecular weight is 318 g/mol. The van der Waals surface area contributed by atoms with Gasteiger partial charge in [-0.05, 0) is 54.7 Å². The van der Waals surface area contributed by atoms with Gasteiger partial charge in [0.2, 0.25) is 5.91 Å². The van der Waals surface area contributed by atoms with E-state index in [1.54, 1.807) is 23.9 Å². The van der Waals surface area contributed by atoms with E-state index in [-0.39, 0.29) is 17.7 Å². The zero-order chi connectivity index (χ0) is 15.8. The number of aromatic hydroxyl groups is 1. The fourth-order valence-electron chi connectivity index (χ4n) is 2.31. The number of benzene rings is 1. The largest absolute Gasteiger partial charge is 0.508 e. The van der Waals surface area contributed by atoms with E-state index in [0.717, 1.165) is 24.2 Å². The molecule has 2 rings (SSSR count). The van der Waals surface area contributed by atoms with Gasteiger partial charge >= 0.3 is 0 Å². The molecular weight excluding hydrogens is 296 g/mol. The first-order chi connectivity index (χ1) is 10.7. The van der Waals surface area contributed by atoms with Gasteiger partial charge in [-0.25, -0.2) is 0 Å². The quantitative estimate of drug-likeness (QED) is 0.787. The van der Waals surface area contributed by atoms with Gasteiger partial charge in [0.05, 0.1) is 0 Å². The summed E-state index contributed by atoms with van der Waals surface area (Å²) in [6.07, 6.45) is 7.50. The minimum Gasteiger partial charge on any atom is -0.508 e. The topological polar surface area (TPSA) is 54.3 Å². The van der Waals surface area contributed by atoms with Crippen molar-refractivity contribution in [2.45, 2.75) is 18.9 Å². The molecule has 0 aliphatic rings. The molecule has 1 amide bonds. The summed E-state index contributed by atoms with van der Waals surface area (Å²) >= 11 is 1.75. The van der Waals surface area contributed by atoms with E-state index < -0.39 is 0 Å². The van der Waals surface area contributed by atoms with Gasteiger partial charge in [-0.2, -0.15) is 11.8 Å². The second kappa shape index (κ2) is 8.54. The van der Waals surface area contributed by atoms with Gasteiger partial charge in [-0.3, -0.25) is 4.79 Å². The third-order valence-corrected chi connectivity index (χ3v) is 4.18. The van der Waals surface area contributed by atoms with Crippen LogP contribution in [0.25, 0.3) is 0 Å². The lowest BCUT2D eigenvalue weighted by atomic mass is 10.1. The SMILES string of the molecule is CSCCC(C(=O)NCCc1ccc(O)cc1)n1cccc1. The fraction of sp³-hybridized carbons (Fsp3) is 0.353. The summed E-state index contributed by atoms with van der Waals surface area (Å²) in [6.45, 7) is 0.598. The first-order valence-electron chi connectivity index (χ1n) is 7.37. The summed E-state index contributed by atoms with van der Waals surface area (Å²) in [5.41, 5.74) is 1.10. The predicted molar refractivity (Wildman–Crippen MR) is 91.3 cm³/mol. The lowest BCUT2D eigenvalue weighted by Gasteiger charge is -2.18. The Balaban J connectivity index is 1.86. The number of nitrogens with zero attached hydrogens (tertiary/aromatic N) is 1.